The predicted octanol–water partition coefficient (Wildman–Crippen LogP) is 2.91. The van der Waals surface area contributed by atoms with Crippen molar-refractivity contribution in [2.45, 2.75) is 27.2 Å². The van der Waals surface area contributed by atoms with Gasteiger partial charge in [-0.25, -0.2) is 9.97 Å². The Bertz CT molecular complexity index is 609. The van der Waals surface area contributed by atoms with Crippen LogP contribution in [-0.4, -0.2) is 17.1 Å². The molecule has 1 heterocycles. The number of rotatable bonds is 3. The van der Waals surface area contributed by atoms with E-state index >= 15 is 0 Å². The summed E-state index contributed by atoms with van der Waals surface area (Å²) in [4.78, 5) is 8.54. The Labute approximate surface area is 113 Å². The average molecular weight is 257 g/mol. The highest BCUT2D eigenvalue weighted by Crippen LogP contribution is 2.30. The molecule has 0 aliphatic heterocycles. The zero-order chi connectivity index (χ0) is 14.0. The molecule has 0 atom stereocenters. The lowest BCUT2D eigenvalue weighted by molar-refractivity contribution is 0.411. The van der Waals surface area contributed by atoms with Gasteiger partial charge in [0, 0.05) is 11.3 Å². The lowest BCUT2D eigenvalue weighted by Gasteiger charge is -2.13. The van der Waals surface area contributed by atoms with Crippen LogP contribution in [-0.2, 0) is 6.42 Å². The van der Waals surface area contributed by atoms with E-state index in [1.165, 1.54) is 0 Å². The third kappa shape index (κ3) is 2.52. The van der Waals surface area contributed by atoms with Gasteiger partial charge < -0.3 is 10.5 Å². The Kier molecular flexibility index (Phi) is 3.69. The zero-order valence-electron chi connectivity index (χ0n) is 11.8. The standard InChI is InChI=1S/C15H19N3O/c1-5-11-8-13(18-15(16)17-11)12-6-7-14(19-4)10(3)9(12)2/h6-8H,5H2,1-4H3,(H2,16,17,18). The number of nitrogens with zero attached hydrogens (tertiary/aromatic N) is 2. The van der Waals surface area contributed by atoms with E-state index in [0.29, 0.717) is 5.95 Å². The van der Waals surface area contributed by atoms with Crippen LogP contribution in [0.25, 0.3) is 11.3 Å². The molecule has 2 aromatic rings. The summed E-state index contributed by atoms with van der Waals surface area (Å²) >= 11 is 0. The quantitative estimate of drug-likeness (QED) is 0.918. The molecule has 0 saturated heterocycles. The smallest absolute Gasteiger partial charge is 0.220 e. The van der Waals surface area contributed by atoms with Crippen molar-refractivity contribution in [2.24, 2.45) is 0 Å². The van der Waals surface area contributed by atoms with E-state index in [-0.39, 0.29) is 0 Å². The Balaban J connectivity index is 2.59. The van der Waals surface area contributed by atoms with Crippen molar-refractivity contribution in [3.05, 3.63) is 35.0 Å². The SMILES string of the molecule is CCc1cc(-c2ccc(OC)c(C)c2C)nc(N)n1. The molecule has 19 heavy (non-hydrogen) atoms. The molecule has 0 unspecified atom stereocenters. The van der Waals surface area contributed by atoms with Gasteiger partial charge in [-0.1, -0.05) is 6.92 Å². The Morgan fingerprint density at radius 2 is 1.89 bits per heavy atom. The summed E-state index contributed by atoms with van der Waals surface area (Å²) in [5, 5.41) is 0. The molecule has 0 bridgehead atoms. The molecule has 100 valence electrons. The fraction of sp³-hybridized carbons (Fsp3) is 0.333. The molecule has 0 radical (unpaired) electrons. The first kappa shape index (κ1) is 13.3. The molecule has 2 N–H and O–H groups in total. The van der Waals surface area contributed by atoms with Crippen LogP contribution < -0.4 is 10.5 Å². The molecule has 0 saturated carbocycles. The molecule has 4 nitrogen and oxygen atoms in total. The van der Waals surface area contributed by atoms with E-state index in [0.717, 1.165) is 40.2 Å². The van der Waals surface area contributed by atoms with E-state index in [1.54, 1.807) is 7.11 Å². The normalized spacial score (nSPS) is 10.5. The van der Waals surface area contributed by atoms with E-state index < -0.39 is 0 Å². The van der Waals surface area contributed by atoms with Gasteiger partial charge in [0.05, 0.1) is 12.8 Å². The second-order valence-electron chi connectivity index (χ2n) is 4.52. The number of hydrogen-bond donors (Lipinski definition) is 1. The number of aromatic nitrogens is 2. The molecule has 1 aromatic heterocycles. The van der Waals surface area contributed by atoms with Crippen LogP contribution in [0.15, 0.2) is 18.2 Å². The maximum atomic E-state index is 5.77. The number of nitrogens with two attached hydrogens (primary N) is 1. The Morgan fingerprint density at radius 3 is 2.53 bits per heavy atom. The van der Waals surface area contributed by atoms with E-state index in [4.69, 9.17) is 10.5 Å². The van der Waals surface area contributed by atoms with Crippen LogP contribution in [0, 0.1) is 13.8 Å². The second kappa shape index (κ2) is 5.26. The van der Waals surface area contributed by atoms with Crippen molar-refractivity contribution in [3.8, 4) is 17.0 Å². The highest BCUT2D eigenvalue weighted by Gasteiger charge is 2.11. The maximum Gasteiger partial charge on any atom is 0.220 e. The zero-order valence-corrected chi connectivity index (χ0v) is 11.8. The molecule has 4 heteroatoms. The minimum absolute atomic E-state index is 0.322. The molecule has 0 aliphatic carbocycles. The summed E-state index contributed by atoms with van der Waals surface area (Å²) in [6.45, 7) is 6.16. The summed E-state index contributed by atoms with van der Waals surface area (Å²) in [5.41, 5.74) is 10.9. The number of anilines is 1. The lowest BCUT2D eigenvalue weighted by atomic mass is 9.99. The highest BCUT2D eigenvalue weighted by atomic mass is 16.5. The van der Waals surface area contributed by atoms with Crippen LogP contribution in [0.2, 0.25) is 0 Å². The van der Waals surface area contributed by atoms with Gasteiger partial charge >= 0.3 is 0 Å². The molecule has 1 aromatic carbocycles. The van der Waals surface area contributed by atoms with Crippen LogP contribution in [0.1, 0.15) is 23.7 Å². The molecule has 0 spiro atoms. The van der Waals surface area contributed by atoms with Crippen molar-refractivity contribution in [1.82, 2.24) is 9.97 Å². The Morgan fingerprint density at radius 1 is 1.16 bits per heavy atom. The lowest BCUT2D eigenvalue weighted by Crippen LogP contribution is -2.01. The summed E-state index contributed by atoms with van der Waals surface area (Å²) in [7, 11) is 1.68. The van der Waals surface area contributed by atoms with Crippen LogP contribution >= 0.6 is 0 Å². The van der Waals surface area contributed by atoms with E-state index in [1.807, 2.05) is 25.1 Å². The Hall–Kier alpha value is -2.10. The second-order valence-corrected chi connectivity index (χ2v) is 4.52. The molecular formula is C15H19N3O. The van der Waals surface area contributed by atoms with Gasteiger partial charge in [0.25, 0.3) is 0 Å². The summed E-state index contributed by atoms with van der Waals surface area (Å²) < 4.78 is 5.33. The van der Waals surface area contributed by atoms with Crippen LogP contribution in [0.3, 0.4) is 0 Å². The van der Waals surface area contributed by atoms with Crippen molar-refractivity contribution >= 4 is 5.95 Å². The van der Waals surface area contributed by atoms with Gasteiger partial charge in [-0.3, -0.25) is 0 Å². The number of nitrogen functional groups attached to an aromatic ring is 1. The van der Waals surface area contributed by atoms with Gasteiger partial charge in [0.15, 0.2) is 0 Å². The topological polar surface area (TPSA) is 61.0 Å². The first-order valence-electron chi connectivity index (χ1n) is 6.34. The molecular weight excluding hydrogens is 238 g/mol. The first-order valence-corrected chi connectivity index (χ1v) is 6.34. The fourth-order valence-electron chi connectivity index (χ4n) is 2.13. The van der Waals surface area contributed by atoms with Gasteiger partial charge in [0.2, 0.25) is 5.95 Å². The summed E-state index contributed by atoms with van der Waals surface area (Å²) in [6, 6.07) is 5.97. The van der Waals surface area contributed by atoms with Crippen molar-refractivity contribution in [3.63, 3.8) is 0 Å². The van der Waals surface area contributed by atoms with Crippen molar-refractivity contribution < 1.29 is 4.74 Å². The van der Waals surface area contributed by atoms with Gasteiger partial charge in [-0.2, -0.15) is 0 Å². The summed E-state index contributed by atoms with van der Waals surface area (Å²) in [5.74, 6) is 1.21. The fourth-order valence-corrected chi connectivity index (χ4v) is 2.13. The number of benzene rings is 1. The highest BCUT2D eigenvalue weighted by molar-refractivity contribution is 5.68. The minimum atomic E-state index is 0.322. The minimum Gasteiger partial charge on any atom is -0.496 e. The van der Waals surface area contributed by atoms with Gasteiger partial charge in [0.1, 0.15) is 5.75 Å². The molecule has 0 fully saturated rings. The largest absolute Gasteiger partial charge is 0.496 e. The summed E-state index contributed by atoms with van der Waals surface area (Å²) in [6.07, 6.45) is 0.841. The monoisotopic (exact) mass is 257 g/mol. The third-order valence-electron chi connectivity index (χ3n) is 3.39. The number of methoxy groups -OCH3 is 1. The number of aryl methyl sites for hydroxylation is 1. The van der Waals surface area contributed by atoms with Crippen molar-refractivity contribution in [2.75, 3.05) is 12.8 Å². The average Bonchev–Trinajstić information content (AvgIpc) is 2.41. The first-order chi connectivity index (χ1) is 9.06. The number of hydrogen-bond acceptors (Lipinski definition) is 4. The van der Waals surface area contributed by atoms with Gasteiger partial charge in [-0.15, -0.1) is 0 Å². The van der Waals surface area contributed by atoms with Gasteiger partial charge in [-0.05, 0) is 49.6 Å². The van der Waals surface area contributed by atoms with E-state index in [2.05, 4.69) is 23.8 Å². The number of ether oxygens (including phenoxy) is 1. The predicted molar refractivity (Wildman–Crippen MR) is 77.3 cm³/mol. The van der Waals surface area contributed by atoms with Crippen LogP contribution in [0.5, 0.6) is 5.75 Å². The molecule has 0 amide bonds. The maximum absolute atomic E-state index is 5.77. The molecule has 0 aliphatic rings. The third-order valence-corrected chi connectivity index (χ3v) is 3.39. The van der Waals surface area contributed by atoms with Crippen molar-refractivity contribution in [1.29, 1.82) is 0 Å². The molecule has 2 rings (SSSR count). The van der Waals surface area contributed by atoms with E-state index in [9.17, 15) is 0 Å². The van der Waals surface area contributed by atoms with Crippen LogP contribution in [0.4, 0.5) is 5.95 Å².